The molecule has 6 heteroatoms. The molecule has 122 valence electrons. The van der Waals surface area contributed by atoms with Crippen LogP contribution in [0.25, 0.3) is 0 Å². The third-order valence-corrected chi connectivity index (χ3v) is 3.50. The zero-order chi connectivity index (χ0) is 16.2. The van der Waals surface area contributed by atoms with Crippen LogP contribution in [0.5, 0.6) is 0 Å². The van der Waals surface area contributed by atoms with Crippen molar-refractivity contribution in [3.8, 4) is 0 Å². The fourth-order valence-corrected chi connectivity index (χ4v) is 2.44. The molecule has 0 aromatic heterocycles. The Morgan fingerprint density at radius 2 is 2.05 bits per heavy atom. The fraction of sp³-hybridized carbons (Fsp3) is 0.867. The Kier molecular flexibility index (Phi) is 6.01. The van der Waals surface area contributed by atoms with Gasteiger partial charge in [-0.1, -0.05) is 0 Å². The summed E-state index contributed by atoms with van der Waals surface area (Å²) in [6.45, 7) is 11.8. The van der Waals surface area contributed by atoms with E-state index < -0.39 is 11.6 Å². The standard InChI is InChI=1S/C15H29N3O3/c1-6-17(14(20)21-15(3,4)5)9-12-7-8-18(10-12)13(19)11(2)16/h11-12H,6-10,16H2,1-5H3/t11-,12?/m0/s1. The van der Waals surface area contributed by atoms with Crippen molar-refractivity contribution in [1.82, 2.24) is 9.80 Å². The van der Waals surface area contributed by atoms with Crippen molar-refractivity contribution in [1.29, 1.82) is 0 Å². The van der Waals surface area contributed by atoms with Crippen LogP contribution in [0, 0.1) is 5.92 Å². The molecule has 1 unspecified atom stereocenters. The lowest BCUT2D eigenvalue weighted by atomic mass is 10.1. The zero-order valence-corrected chi connectivity index (χ0v) is 13.9. The largest absolute Gasteiger partial charge is 0.444 e. The molecule has 21 heavy (non-hydrogen) atoms. The molecule has 1 rings (SSSR count). The smallest absolute Gasteiger partial charge is 0.410 e. The number of hydrogen-bond donors (Lipinski definition) is 1. The van der Waals surface area contributed by atoms with Crippen LogP contribution < -0.4 is 5.73 Å². The predicted molar refractivity (Wildman–Crippen MR) is 81.8 cm³/mol. The van der Waals surface area contributed by atoms with Gasteiger partial charge < -0.3 is 20.3 Å². The number of carbonyl (C=O) groups is 2. The van der Waals surface area contributed by atoms with E-state index in [0.29, 0.717) is 25.6 Å². The number of hydrogen-bond acceptors (Lipinski definition) is 4. The van der Waals surface area contributed by atoms with Gasteiger partial charge >= 0.3 is 6.09 Å². The van der Waals surface area contributed by atoms with Crippen molar-refractivity contribution in [3.63, 3.8) is 0 Å². The molecule has 1 saturated heterocycles. The summed E-state index contributed by atoms with van der Waals surface area (Å²) in [4.78, 5) is 27.5. The molecule has 1 aliphatic rings. The van der Waals surface area contributed by atoms with Gasteiger partial charge in [-0.05, 0) is 47.0 Å². The van der Waals surface area contributed by atoms with Crippen LogP contribution in [-0.2, 0) is 9.53 Å². The molecule has 0 bridgehead atoms. The lowest BCUT2D eigenvalue weighted by Gasteiger charge is -2.28. The van der Waals surface area contributed by atoms with Crippen molar-refractivity contribution in [2.45, 2.75) is 52.7 Å². The van der Waals surface area contributed by atoms with E-state index in [-0.39, 0.29) is 12.0 Å². The lowest BCUT2D eigenvalue weighted by molar-refractivity contribution is -0.131. The second kappa shape index (κ2) is 7.11. The minimum Gasteiger partial charge on any atom is -0.444 e. The van der Waals surface area contributed by atoms with Gasteiger partial charge in [0.2, 0.25) is 5.91 Å². The second-order valence-electron chi connectivity index (χ2n) is 6.75. The van der Waals surface area contributed by atoms with Crippen molar-refractivity contribution >= 4 is 12.0 Å². The van der Waals surface area contributed by atoms with E-state index in [1.54, 1.807) is 16.7 Å². The summed E-state index contributed by atoms with van der Waals surface area (Å²) in [6, 6.07) is -0.461. The molecule has 0 aromatic carbocycles. The van der Waals surface area contributed by atoms with Gasteiger partial charge in [-0.2, -0.15) is 0 Å². The van der Waals surface area contributed by atoms with Gasteiger partial charge in [0.05, 0.1) is 6.04 Å². The van der Waals surface area contributed by atoms with E-state index in [9.17, 15) is 9.59 Å². The highest BCUT2D eigenvalue weighted by Gasteiger charge is 2.30. The number of likely N-dealkylation sites (tertiary alicyclic amines) is 1. The first-order chi connectivity index (χ1) is 9.64. The molecule has 2 N–H and O–H groups in total. The number of amides is 2. The maximum Gasteiger partial charge on any atom is 0.410 e. The number of nitrogens with zero attached hydrogens (tertiary/aromatic N) is 2. The highest BCUT2D eigenvalue weighted by molar-refractivity contribution is 5.81. The summed E-state index contributed by atoms with van der Waals surface area (Å²) in [5.74, 6) is 0.276. The topological polar surface area (TPSA) is 75.9 Å². The van der Waals surface area contributed by atoms with Crippen LogP contribution in [0.2, 0.25) is 0 Å². The van der Waals surface area contributed by atoms with E-state index in [1.165, 1.54) is 0 Å². The number of rotatable bonds is 4. The van der Waals surface area contributed by atoms with Crippen LogP contribution in [-0.4, -0.2) is 59.6 Å². The zero-order valence-electron chi connectivity index (χ0n) is 13.9. The third kappa shape index (κ3) is 5.53. The SMILES string of the molecule is CCN(CC1CCN(C(=O)[C@H](C)N)C1)C(=O)OC(C)(C)C. The average Bonchev–Trinajstić information content (AvgIpc) is 2.80. The third-order valence-electron chi connectivity index (χ3n) is 3.50. The molecule has 6 nitrogen and oxygen atoms in total. The number of carbonyl (C=O) groups excluding carboxylic acids is 2. The summed E-state index contributed by atoms with van der Waals surface area (Å²) >= 11 is 0. The van der Waals surface area contributed by atoms with Crippen LogP contribution in [0.1, 0.15) is 41.0 Å². The molecule has 1 fully saturated rings. The van der Waals surface area contributed by atoms with E-state index >= 15 is 0 Å². The minimum absolute atomic E-state index is 0.0159. The Hall–Kier alpha value is -1.30. The summed E-state index contributed by atoms with van der Waals surface area (Å²) in [5.41, 5.74) is 5.14. The lowest BCUT2D eigenvalue weighted by Crippen LogP contribution is -2.42. The molecule has 1 heterocycles. The molecule has 2 atom stereocenters. The van der Waals surface area contributed by atoms with Crippen LogP contribution in [0.4, 0.5) is 4.79 Å². The van der Waals surface area contributed by atoms with Gasteiger partial charge in [-0.15, -0.1) is 0 Å². The van der Waals surface area contributed by atoms with Crippen molar-refractivity contribution < 1.29 is 14.3 Å². The van der Waals surface area contributed by atoms with Crippen LogP contribution in [0.15, 0.2) is 0 Å². The number of nitrogens with two attached hydrogens (primary N) is 1. The summed E-state index contributed by atoms with van der Waals surface area (Å²) in [7, 11) is 0. The van der Waals surface area contributed by atoms with Crippen molar-refractivity contribution in [2.24, 2.45) is 11.7 Å². The van der Waals surface area contributed by atoms with Gasteiger partial charge in [-0.25, -0.2) is 4.79 Å². The minimum atomic E-state index is -0.489. The molecule has 0 radical (unpaired) electrons. The van der Waals surface area contributed by atoms with Gasteiger partial charge in [0, 0.05) is 26.2 Å². The first-order valence-corrected chi connectivity index (χ1v) is 7.66. The Morgan fingerprint density at radius 3 is 2.52 bits per heavy atom. The molecule has 1 aliphatic heterocycles. The van der Waals surface area contributed by atoms with E-state index in [0.717, 1.165) is 13.0 Å². The van der Waals surface area contributed by atoms with Gasteiger partial charge in [0.15, 0.2) is 0 Å². The summed E-state index contributed by atoms with van der Waals surface area (Å²) in [6.07, 6.45) is 0.611. The maximum atomic E-state index is 12.1. The maximum absolute atomic E-state index is 12.1. The summed E-state index contributed by atoms with van der Waals surface area (Å²) in [5, 5.41) is 0. The molecule has 0 saturated carbocycles. The molecule has 0 spiro atoms. The van der Waals surface area contributed by atoms with Gasteiger partial charge in [-0.3, -0.25) is 4.79 Å². The first kappa shape index (κ1) is 17.8. The number of ether oxygens (including phenoxy) is 1. The summed E-state index contributed by atoms with van der Waals surface area (Å²) < 4.78 is 5.40. The fourth-order valence-electron chi connectivity index (χ4n) is 2.44. The van der Waals surface area contributed by atoms with E-state index in [4.69, 9.17) is 10.5 Å². The average molecular weight is 299 g/mol. The van der Waals surface area contributed by atoms with Gasteiger partial charge in [0.25, 0.3) is 0 Å². The van der Waals surface area contributed by atoms with Crippen LogP contribution >= 0.6 is 0 Å². The Bertz CT molecular complexity index is 377. The molecule has 0 aromatic rings. The first-order valence-electron chi connectivity index (χ1n) is 7.66. The Labute approximate surface area is 127 Å². The van der Waals surface area contributed by atoms with Crippen molar-refractivity contribution in [2.75, 3.05) is 26.2 Å². The van der Waals surface area contributed by atoms with E-state index in [1.807, 2.05) is 27.7 Å². The normalized spacial score (nSPS) is 20.3. The molecule has 0 aliphatic carbocycles. The van der Waals surface area contributed by atoms with E-state index in [2.05, 4.69) is 0 Å². The Morgan fingerprint density at radius 1 is 1.43 bits per heavy atom. The molecule has 2 amide bonds. The highest BCUT2D eigenvalue weighted by Crippen LogP contribution is 2.19. The molecular weight excluding hydrogens is 270 g/mol. The Balaban J connectivity index is 2.52. The highest BCUT2D eigenvalue weighted by atomic mass is 16.6. The molecular formula is C15H29N3O3. The quantitative estimate of drug-likeness (QED) is 0.852. The van der Waals surface area contributed by atoms with Crippen molar-refractivity contribution in [3.05, 3.63) is 0 Å². The van der Waals surface area contributed by atoms with Gasteiger partial charge in [0.1, 0.15) is 5.60 Å². The van der Waals surface area contributed by atoms with Crippen LogP contribution in [0.3, 0.4) is 0 Å². The predicted octanol–water partition coefficient (Wildman–Crippen LogP) is 1.44. The monoisotopic (exact) mass is 299 g/mol. The second-order valence-corrected chi connectivity index (χ2v) is 6.75.